The van der Waals surface area contributed by atoms with Gasteiger partial charge in [0.05, 0.1) is 6.33 Å². The maximum absolute atomic E-state index is 12.2. The van der Waals surface area contributed by atoms with Crippen molar-refractivity contribution in [3.63, 3.8) is 0 Å². The minimum Gasteiger partial charge on any atom is -0.352 e. The zero-order chi connectivity index (χ0) is 16.2. The third-order valence-corrected chi connectivity index (χ3v) is 4.71. The Kier molecular flexibility index (Phi) is 4.98. The normalized spacial score (nSPS) is 18.3. The Morgan fingerprint density at radius 1 is 1.52 bits per heavy atom. The number of hydrogen-bond acceptors (Lipinski definition) is 3. The van der Waals surface area contributed by atoms with E-state index in [9.17, 15) is 4.79 Å². The fraction of sp³-hybridized carbons (Fsp3) is 0.412. The smallest absolute Gasteiger partial charge is 0.251 e. The van der Waals surface area contributed by atoms with Crippen LogP contribution in [0.15, 0.2) is 30.7 Å². The Bertz CT molecular complexity index is 671. The summed E-state index contributed by atoms with van der Waals surface area (Å²) < 4.78 is 0. The van der Waals surface area contributed by atoms with Gasteiger partial charge in [0.1, 0.15) is 0 Å². The van der Waals surface area contributed by atoms with Gasteiger partial charge in [-0.25, -0.2) is 4.98 Å². The van der Waals surface area contributed by atoms with Crippen molar-refractivity contribution in [2.24, 2.45) is 5.92 Å². The van der Waals surface area contributed by atoms with Crippen LogP contribution in [-0.2, 0) is 6.54 Å². The Hall–Kier alpha value is -1.85. The van der Waals surface area contributed by atoms with Gasteiger partial charge in [0.2, 0.25) is 0 Å². The van der Waals surface area contributed by atoms with Crippen LogP contribution in [0.5, 0.6) is 0 Å². The Labute approximate surface area is 141 Å². The van der Waals surface area contributed by atoms with Crippen molar-refractivity contribution in [3.8, 4) is 0 Å². The standard InChI is InChI=1S/C17H21ClN4O/c1-12-6-14(2-3-16(12)18)17(23)20-7-13-4-5-22(9-13)10-15-8-19-11-21-15/h2-3,6,8,11,13H,4-5,7,9-10H2,1H3,(H,19,21)(H,20,23). The van der Waals surface area contributed by atoms with Gasteiger partial charge in [-0.2, -0.15) is 0 Å². The van der Waals surface area contributed by atoms with Crippen LogP contribution in [0.2, 0.25) is 5.02 Å². The van der Waals surface area contributed by atoms with Gasteiger partial charge in [0.25, 0.3) is 5.91 Å². The number of hydrogen-bond donors (Lipinski definition) is 2. The Morgan fingerprint density at radius 2 is 2.39 bits per heavy atom. The Balaban J connectivity index is 1.47. The second-order valence-electron chi connectivity index (χ2n) is 6.14. The number of likely N-dealkylation sites (tertiary alicyclic amines) is 1. The number of rotatable bonds is 5. The van der Waals surface area contributed by atoms with E-state index < -0.39 is 0 Å². The third kappa shape index (κ3) is 4.12. The van der Waals surface area contributed by atoms with E-state index in [1.54, 1.807) is 18.5 Å². The lowest BCUT2D eigenvalue weighted by atomic mass is 10.1. The summed E-state index contributed by atoms with van der Waals surface area (Å²) in [6.07, 6.45) is 4.67. The average molecular weight is 333 g/mol. The summed E-state index contributed by atoms with van der Waals surface area (Å²) in [7, 11) is 0. The van der Waals surface area contributed by atoms with Crippen molar-refractivity contribution in [2.45, 2.75) is 19.9 Å². The molecule has 2 N–H and O–H groups in total. The summed E-state index contributed by atoms with van der Waals surface area (Å²) in [5, 5.41) is 3.72. The fourth-order valence-electron chi connectivity index (χ4n) is 2.96. The molecule has 6 heteroatoms. The van der Waals surface area contributed by atoms with E-state index in [1.165, 1.54) is 0 Å². The van der Waals surface area contributed by atoms with Crippen molar-refractivity contribution < 1.29 is 4.79 Å². The molecule has 0 radical (unpaired) electrons. The van der Waals surface area contributed by atoms with E-state index in [2.05, 4.69) is 20.2 Å². The number of nitrogens with zero attached hydrogens (tertiary/aromatic N) is 2. The number of H-pyrrole nitrogens is 1. The van der Waals surface area contributed by atoms with Crippen molar-refractivity contribution >= 4 is 17.5 Å². The molecule has 2 heterocycles. The van der Waals surface area contributed by atoms with E-state index in [0.717, 1.165) is 37.3 Å². The molecule has 5 nitrogen and oxygen atoms in total. The fourth-order valence-corrected chi connectivity index (χ4v) is 3.08. The first-order valence-corrected chi connectivity index (χ1v) is 8.23. The maximum Gasteiger partial charge on any atom is 0.251 e. The topological polar surface area (TPSA) is 61.0 Å². The molecule has 23 heavy (non-hydrogen) atoms. The molecule has 122 valence electrons. The molecule has 2 aromatic rings. The number of nitrogens with one attached hydrogen (secondary N) is 2. The monoisotopic (exact) mass is 332 g/mol. The van der Waals surface area contributed by atoms with Gasteiger partial charge in [-0.1, -0.05) is 11.6 Å². The SMILES string of the molecule is Cc1cc(C(=O)NCC2CCN(Cc3cnc[nH]3)C2)ccc1Cl. The van der Waals surface area contributed by atoms with Crippen LogP contribution in [-0.4, -0.2) is 40.4 Å². The van der Waals surface area contributed by atoms with Gasteiger partial charge in [0, 0.05) is 42.1 Å². The van der Waals surface area contributed by atoms with Gasteiger partial charge in [-0.15, -0.1) is 0 Å². The first-order chi connectivity index (χ1) is 11.1. The zero-order valence-corrected chi connectivity index (χ0v) is 13.9. The highest BCUT2D eigenvalue weighted by molar-refractivity contribution is 6.31. The van der Waals surface area contributed by atoms with Crippen LogP contribution in [0.1, 0.15) is 28.0 Å². The molecule has 0 bridgehead atoms. The highest BCUT2D eigenvalue weighted by Gasteiger charge is 2.23. The lowest BCUT2D eigenvalue weighted by Gasteiger charge is -2.15. The number of aromatic amines is 1. The number of aryl methyl sites for hydroxylation is 1. The highest BCUT2D eigenvalue weighted by Crippen LogP contribution is 2.18. The van der Waals surface area contributed by atoms with E-state index in [1.807, 2.05) is 19.2 Å². The predicted octanol–water partition coefficient (Wildman–Crippen LogP) is 2.62. The van der Waals surface area contributed by atoms with Crippen molar-refractivity contribution in [3.05, 3.63) is 52.6 Å². The number of carbonyl (C=O) groups is 1. The summed E-state index contributed by atoms with van der Waals surface area (Å²) in [6, 6.07) is 5.37. The summed E-state index contributed by atoms with van der Waals surface area (Å²) in [6.45, 7) is 5.56. The number of amides is 1. The first-order valence-electron chi connectivity index (χ1n) is 7.86. The van der Waals surface area contributed by atoms with E-state index >= 15 is 0 Å². The molecule has 0 saturated carbocycles. The number of imidazole rings is 1. The van der Waals surface area contributed by atoms with Crippen LogP contribution in [0, 0.1) is 12.8 Å². The molecule has 0 spiro atoms. The van der Waals surface area contributed by atoms with E-state index in [0.29, 0.717) is 23.0 Å². The molecule has 1 aromatic heterocycles. The minimum atomic E-state index is -0.0308. The predicted molar refractivity (Wildman–Crippen MR) is 90.5 cm³/mol. The summed E-state index contributed by atoms with van der Waals surface area (Å²) in [4.78, 5) is 21.8. The molecular formula is C17H21ClN4O. The molecule has 3 rings (SSSR count). The van der Waals surface area contributed by atoms with Crippen LogP contribution in [0.4, 0.5) is 0 Å². The molecule has 1 aliphatic heterocycles. The quantitative estimate of drug-likeness (QED) is 0.884. The summed E-state index contributed by atoms with van der Waals surface area (Å²) in [5.74, 6) is 0.465. The summed E-state index contributed by atoms with van der Waals surface area (Å²) in [5.41, 5.74) is 2.72. The zero-order valence-electron chi connectivity index (χ0n) is 13.2. The molecular weight excluding hydrogens is 312 g/mol. The number of benzene rings is 1. The number of carbonyl (C=O) groups excluding carboxylic acids is 1. The molecule has 1 unspecified atom stereocenters. The van der Waals surface area contributed by atoms with Crippen molar-refractivity contribution in [1.29, 1.82) is 0 Å². The van der Waals surface area contributed by atoms with Gasteiger partial charge in [-0.05, 0) is 49.6 Å². The van der Waals surface area contributed by atoms with Crippen LogP contribution >= 0.6 is 11.6 Å². The number of halogens is 1. The van der Waals surface area contributed by atoms with Crippen LogP contribution < -0.4 is 5.32 Å². The second kappa shape index (κ2) is 7.15. The van der Waals surface area contributed by atoms with Gasteiger partial charge >= 0.3 is 0 Å². The van der Waals surface area contributed by atoms with Gasteiger partial charge in [-0.3, -0.25) is 9.69 Å². The molecule has 1 atom stereocenters. The van der Waals surface area contributed by atoms with Crippen molar-refractivity contribution in [1.82, 2.24) is 20.2 Å². The number of aromatic nitrogens is 2. The average Bonchev–Trinajstić information content (AvgIpc) is 3.20. The second-order valence-corrected chi connectivity index (χ2v) is 6.55. The van der Waals surface area contributed by atoms with Crippen LogP contribution in [0.3, 0.4) is 0 Å². The lowest BCUT2D eigenvalue weighted by molar-refractivity contribution is 0.0947. The van der Waals surface area contributed by atoms with Crippen LogP contribution in [0.25, 0.3) is 0 Å². The van der Waals surface area contributed by atoms with E-state index in [4.69, 9.17) is 11.6 Å². The minimum absolute atomic E-state index is 0.0308. The molecule has 1 saturated heterocycles. The van der Waals surface area contributed by atoms with Crippen molar-refractivity contribution in [2.75, 3.05) is 19.6 Å². The summed E-state index contributed by atoms with van der Waals surface area (Å²) >= 11 is 6.00. The lowest BCUT2D eigenvalue weighted by Crippen LogP contribution is -2.31. The third-order valence-electron chi connectivity index (χ3n) is 4.29. The first kappa shape index (κ1) is 16.0. The maximum atomic E-state index is 12.2. The van der Waals surface area contributed by atoms with E-state index in [-0.39, 0.29) is 5.91 Å². The largest absolute Gasteiger partial charge is 0.352 e. The van der Waals surface area contributed by atoms with Gasteiger partial charge < -0.3 is 10.3 Å². The molecule has 1 amide bonds. The molecule has 1 aromatic carbocycles. The molecule has 0 aliphatic carbocycles. The Morgan fingerprint density at radius 3 is 3.13 bits per heavy atom. The van der Waals surface area contributed by atoms with Gasteiger partial charge in [0.15, 0.2) is 0 Å². The molecule has 1 aliphatic rings. The highest BCUT2D eigenvalue weighted by atomic mass is 35.5. The molecule has 1 fully saturated rings.